The zero-order valence-electron chi connectivity index (χ0n) is 17.4. The molecule has 0 bridgehead atoms. The van der Waals surface area contributed by atoms with Crippen molar-refractivity contribution in [3.05, 3.63) is 95.0 Å². The number of carbonyl (C=O) groups excluding carboxylic acids is 2. The minimum Gasteiger partial charge on any atom is -0.326 e. The summed E-state index contributed by atoms with van der Waals surface area (Å²) in [5.74, 6) is -0.374. The molecule has 1 aromatic heterocycles. The van der Waals surface area contributed by atoms with Crippen molar-refractivity contribution in [1.29, 1.82) is 0 Å². The van der Waals surface area contributed by atoms with Crippen LogP contribution >= 0.6 is 27.3 Å². The lowest BCUT2D eigenvalue weighted by Crippen LogP contribution is -2.46. The zero-order chi connectivity index (χ0) is 23.0. The highest BCUT2D eigenvalue weighted by Crippen LogP contribution is 2.26. The van der Waals surface area contributed by atoms with E-state index in [1.54, 1.807) is 12.1 Å². The SMILES string of the molecule is O=C(Nc1ccc(Br)cc1)NC(Cc1ccccc1)C(=O)Nc1nnc(-c2ccccc2)s1. The highest BCUT2D eigenvalue weighted by molar-refractivity contribution is 9.10. The minimum absolute atomic E-state index is 0.324. The average molecular weight is 522 g/mol. The molecule has 3 N–H and O–H groups in total. The number of benzene rings is 3. The van der Waals surface area contributed by atoms with Crippen LogP contribution in [0.1, 0.15) is 5.56 Å². The summed E-state index contributed by atoms with van der Waals surface area (Å²) in [5, 5.41) is 17.6. The van der Waals surface area contributed by atoms with Crippen LogP contribution in [0, 0.1) is 0 Å². The number of nitrogens with one attached hydrogen (secondary N) is 3. The molecule has 3 amide bonds. The summed E-state index contributed by atoms with van der Waals surface area (Å²) in [5.41, 5.74) is 2.46. The molecule has 0 aliphatic rings. The summed E-state index contributed by atoms with van der Waals surface area (Å²) in [4.78, 5) is 25.7. The van der Waals surface area contributed by atoms with Gasteiger partial charge in [-0.15, -0.1) is 10.2 Å². The van der Waals surface area contributed by atoms with Gasteiger partial charge >= 0.3 is 6.03 Å². The first-order valence-electron chi connectivity index (χ1n) is 10.1. The number of hydrogen-bond donors (Lipinski definition) is 3. The van der Waals surface area contributed by atoms with Crippen molar-refractivity contribution in [3.63, 3.8) is 0 Å². The van der Waals surface area contributed by atoms with Crippen molar-refractivity contribution in [2.45, 2.75) is 12.5 Å². The van der Waals surface area contributed by atoms with Gasteiger partial charge < -0.3 is 10.6 Å². The maximum Gasteiger partial charge on any atom is 0.319 e. The Morgan fingerprint density at radius 3 is 2.21 bits per heavy atom. The highest BCUT2D eigenvalue weighted by Gasteiger charge is 2.23. The molecule has 0 saturated heterocycles. The summed E-state index contributed by atoms with van der Waals surface area (Å²) in [7, 11) is 0. The minimum atomic E-state index is -0.813. The summed E-state index contributed by atoms with van der Waals surface area (Å²) >= 11 is 4.64. The molecule has 4 rings (SSSR count). The van der Waals surface area contributed by atoms with Gasteiger partial charge in [0, 0.05) is 22.1 Å². The molecule has 166 valence electrons. The van der Waals surface area contributed by atoms with Crippen LogP contribution in [0.4, 0.5) is 15.6 Å². The fraction of sp³-hybridized carbons (Fsp3) is 0.0833. The zero-order valence-corrected chi connectivity index (χ0v) is 19.8. The maximum atomic E-state index is 13.1. The van der Waals surface area contributed by atoms with Crippen LogP contribution in [0.5, 0.6) is 0 Å². The highest BCUT2D eigenvalue weighted by atomic mass is 79.9. The molecule has 7 nitrogen and oxygen atoms in total. The normalized spacial score (nSPS) is 11.4. The molecular weight excluding hydrogens is 502 g/mol. The number of hydrogen-bond acceptors (Lipinski definition) is 5. The number of nitrogens with zero attached hydrogens (tertiary/aromatic N) is 2. The van der Waals surface area contributed by atoms with E-state index < -0.39 is 12.1 Å². The van der Waals surface area contributed by atoms with Gasteiger partial charge in [-0.1, -0.05) is 87.9 Å². The van der Waals surface area contributed by atoms with Gasteiger partial charge in [0.1, 0.15) is 11.0 Å². The number of halogens is 1. The third-order valence-electron chi connectivity index (χ3n) is 4.68. The third kappa shape index (κ3) is 6.47. The van der Waals surface area contributed by atoms with Crippen molar-refractivity contribution in [3.8, 4) is 10.6 Å². The van der Waals surface area contributed by atoms with Crippen molar-refractivity contribution in [2.75, 3.05) is 10.6 Å². The van der Waals surface area contributed by atoms with Crippen LogP contribution in [0.3, 0.4) is 0 Å². The first-order chi connectivity index (χ1) is 16.1. The number of urea groups is 1. The summed E-state index contributed by atoms with van der Waals surface area (Å²) in [6.45, 7) is 0. The van der Waals surface area contributed by atoms with Gasteiger partial charge in [0.05, 0.1) is 0 Å². The van der Waals surface area contributed by atoms with Gasteiger partial charge in [0.25, 0.3) is 0 Å². The Labute approximate surface area is 203 Å². The molecule has 1 atom stereocenters. The summed E-state index contributed by atoms with van der Waals surface area (Å²) in [6, 6.07) is 25.0. The van der Waals surface area contributed by atoms with Crippen LogP contribution in [-0.4, -0.2) is 28.2 Å². The fourth-order valence-corrected chi connectivity index (χ4v) is 4.10. The molecule has 0 aliphatic carbocycles. The van der Waals surface area contributed by atoms with E-state index in [1.807, 2.05) is 72.8 Å². The number of amides is 3. The van der Waals surface area contributed by atoms with Crippen molar-refractivity contribution < 1.29 is 9.59 Å². The molecule has 0 aliphatic heterocycles. The third-order valence-corrected chi connectivity index (χ3v) is 6.10. The molecule has 0 spiro atoms. The number of aromatic nitrogens is 2. The molecule has 1 unspecified atom stereocenters. The van der Waals surface area contributed by atoms with E-state index >= 15 is 0 Å². The van der Waals surface area contributed by atoms with Crippen LogP contribution in [-0.2, 0) is 11.2 Å². The Morgan fingerprint density at radius 2 is 1.52 bits per heavy atom. The topological polar surface area (TPSA) is 96.0 Å². The lowest BCUT2D eigenvalue weighted by molar-refractivity contribution is -0.117. The van der Waals surface area contributed by atoms with E-state index in [1.165, 1.54) is 11.3 Å². The largest absolute Gasteiger partial charge is 0.326 e. The van der Waals surface area contributed by atoms with Crippen LogP contribution in [0.25, 0.3) is 10.6 Å². The smallest absolute Gasteiger partial charge is 0.319 e. The van der Waals surface area contributed by atoms with Gasteiger partial charge in [-0.2, -0.15) is 0 Å². The first kappa shape index (κ1) is 22.6. The van der Waals surface area contributed by atoms with Crippen molar-refractivity contribution in [2.24, 2.45) is 0 Å². The molecular formula is C24H20BrN5O2S. The Bertz CT molecular complexity index is 1220. The van der Waals surface area contributed by atoms with Crippen LogP contribution < -0.4 is 16.0 Å². The average Bonchev–Trinajstić information content (AvgIpc) is 3.30. The second kappa shape index (κ2) is 10.8. The Kier molecular flexibility index (Phi) is 7.43. The first-order valence-corrected chi connectivity index (χ1v) is 11.7. The molecule has 0 saturated carbocycles. The predicted octanol–water partition coefficient (Wildman–Crippen LogP) is 5.34. The van der Waals surface area contributed by atoms with E-state index in [0.29, 0.717) is 22.2 Å². The summed E-state index contributed by atoms with van der Waals surface area (Å²) < 4.78 is 0.904. The van der Waals surface area contributed by atoms with Gasteiger partial charge in [0.15, 0.2) is 0 Å². The van der Waals surface area contributed by atoms with E-state index in [0.717, 1.165) is 15.6 Å². The number of anilines is 2. The van der Waals surface area contributed by atoms with E-state index in [4.69, 9.17) is 0 Å². The molecule has 0 fully saturated rings. The van der Waals surface area contributed by atoms with Gasteiger partial charge in [-0.05, 0) is 29.8 Å². The maximum absolute atomic E-state index is 13.1. The number of carbonyl (C=O) groups is 2. The van der Waals surface area contributed by atoms with Gasteiger partial charge in [-0.25, -0.2) is 4.79 Å². The van der Waals surface area contributed by atoms with Crippen LogP contribution in [0.2, 0.25) is 0 Å². The molecule has 33 heavy (non-hydrogen) atoms. The predicted molar refractivity (Wildman–Crippen MR) is 134 cm³/mol. The molecule has 3 aromatic carbocycles. The monoisotopic (exact) mass is 521 g/mol. The molecule has 4 aromatic rings. The van der Waals surface area contributed by atoms with Crippen molar-refractivity contribution in [1.82, 2.24) is 15.5 Å². The molecule has 0 radical (unpaired) electrons. The van der Waals surface area contributed by atoms with E-state index in [-0.39, 0.29) is 5.91 Å². The Balaban J connectivity index is 1.46. The van der Waals surface area contributed by atoms with Gasteiger partial charge in [-0.3, -0.25) is 10.1 Å². The Morgan fingerprint density at radius 1 is 0.848 bits per heavy atom. The molecule has 9 heteroatoms. The second-order valence-corrected chi connectivity index (χ2v) is 9.01. The van der Waals surface area contributed by atoms with Gasteiger partial charge in [0.2, 0.25) is 11.0 Å². The lowest BCUT2D eigenvalue weighted by Gasteiger charge is -2.18. The second-order valence-electron chi connectivity index (χ2n) is 7.12. The standard InChI is InChI=1S/C24H20BrN5O2S/c25-18-11-13-19(14-12-18)26-23(32)27-20(15-16-7-3-1-4-8-16)21(31)28-24-30-29-22(33-24)17-9-5-2-6-10-17/h1-14,20H,15H2,(H2,26,27,32)(H,28,30,31). The van der Waals surface area contributed by atoms with Crippen molar-refractivity contribution >= 4 is 50.0 Å². The Hall–Kier alpha value is -3.56. The summed E-state index contributed by atoms with van der Waals surface area (Å²) in [6.07, 6.45) is 0.324. The van der Waals surface area contributed by atoms with E-state index in [2.05, 4.69) is 42.1 Å². The van der Waals surface area contributed by atoms with E-state index in [9.17, 15) is 9.59 Å². The molecule has 1 heterocycles. The fourth-order valence-electron chi connectivity index (χ4n) is 3.08. The quantitative estimate of drug-likeness (QED) is 0.305. The van der Waals surface area contributed by atoms with Crippen LogP contribution in [0.15, 0.2) is 89.4 Å². The number of rotatable bonds is 7. The lowest BCUT2D eigenvalue weighted by atomic mass is 10.1.